The van der Waals surface area contributed by atoms with Crippen LogP contribution in [0.5, 0.6) is 11.5 Å². The molecule has 2 atom stereocenters. The maximum absolute atomic E-state index is 13.1. The summed E-state index contributed by atoms with van der Waals surface area (Å²) in [5, 5.41) is 5.58. The number of hydrogen-bond donors (Lipinski definition) is 2. The van der Waals surface area contributed by atoms with Gasteiger partial charge in [-0.25, -0.2) is 4.79 Å². The van der Waals surface area contributed by atoms with Crippen LogP contribution >= 0.6 is 0 Å². The van der Waals surface area contributed by atoms with Gasteiger partial charge < -0.3 is 20.1 Å². The molecule has 1 aliphatic heterocycles. The quantitative estimate of drug-likeness (QED) is 0.737. The van der Waals surface area contributed by atoms with Crippen molar-refractivity contribution in [2.24, 2.45) is 11.3 Å². The number of benzene rings is 1. The third kappa shape index (κ3) is 4.16. The van der Waals surface area contributed by atoms with Crippen LogP contribution in [-0.2, 0) is 9.59 Å². The minimum absolute atomic E-state index is 0.0602. The number of ether oxygens (including phenoxy) is 2. The van der Waals surface area contributed by atoms with Crippen LogP contribution in [0.1, 0.15) is 40.0 Å². The lowest BCUT2D eigenvalue weighted by Gasteiger charge is -2.43. The normalized spacial score (nSPS) is 25.7. The zero-order valence-corrected chi connectivity index (χ0v) is 17.6. The van der Waals surface area contributed by atoms with Gasteiger partial charge in [0, 0.05) is 6.07 Å². The Bertz CT molecular complexity index is 838. The van der Waals surface area contributed by atoms with Gasteiger partial charge in [-0.3, -0.25) is 14.5 Å². The predicted octanol–water partition coefficient (Wildman–Crippen LogP) is 2.78. The van der Waals surface area contributed by atoms with E-state index in [0.717, 1.165) is 11.3 Å². The summed E-state index contributed by atoms with van der Waals surface area (Å²) in [6.07, 6.45) is 2.15. The fourth-order valence-electron chi connectivity index (χ4n) is 4.88. The van der Waals surface area contributed by atoms with E-state index >= 15 is 0 Å². The highest BCUT2D eigenvalue weighted by Crippen LogP contribution is 2.46. The number of nitrogens with zero attached hydrogens (tertiary/aromatic N) is 1. The third-order valence-electron chi connectivity index (χ3n) is 5.61. The monoisotopic (exact) mass is 403 g/mol. The van der Waals surface area contributed by atoms with E-state index in [1.807, 2.05) is 0 Å². The molecule has 2 aliphatic rings. The van der Waals surface area contributed by atoms with E-state index in [-0.39, 0.29) is 17.9 Å². The van der Waals surface area contributed by atoms with E-state index in [9.17, 15) is 14.4 Å². The molecule has 1 aromatic carbocycles. The number of carbonyl (C=O) groups is 3. The van der Waals surface area contributed by atoms with Gasteiger partial charge in [0.05, 0.1) is 19.9 Å². The predicted molar refractivity (Wildman–Crippen MR) is 108 cm³/mol. The molecule has 1 spiro atoms. The number of anilines is 1. The molecule has 1 aromatic rings. The van der Waals surface area contributed by atoms with Gasteiger partial charge in [0.1, 0.15) is 23.6 Å². The molecule has 1 aliphatic carbocycles. The summed E-state index contributed by atoms with van der Waals surface area (Å²) in [4.78, 5) is 39.3. The molecule has 0 unspecified atom stereocenters. The summed E-state index contributed by atoms with van der Waals surface area (Å²) in [5.41, 5.74) is -0.543. The third-order valence-corrected chi connectivity index (χ3v) is 5.61. The largest absolute Gasteiger partial charge is 0.497 e. The summed E-state index contributed by atoms with van der Waals surface area (Å²) < 4.78 is 10.4. The SMILES string of the molecule is COc1ccc(NC(=O)CN2C(=O)N[C@]3(C[C@H](C)CC(C)(C)C3)C2=O)c(OC)c1. The molecule has 3 rings (SSSR count). The highest BCUT2D eigenvalue weighted by atomic mass is 16.5. The lowest BCUT2D eigenvalue weighted by molar-refractivity contribution is -0.136. The topological polar surface area (TPSA) is 97.0 Å². The fourth-order valence-corrected chi connectivity index (χ4v) is 4.88. The molecule has 2 N–H and O–H groups in total. The Morgan fingerprint density at radius 2 is 1.97 bits per heavy atom. The summed E-state index contributed by atoms with van der Waals surface area (Å²) in [7, 11) is 3.02. The van der Waals surface area contributed by atoms with Gasteiger partial charge in [-0.05, 0) is 42.7 Å². The zero-order chi connectivity index (χ0) is 21.4. The molecule has 0 radical (unpaired) electrons. The van der Waals surface area contributed by atoms with E-state index < -0.39 is 17.5 Å². The van der Waals surface area contributed by atoms with Crippen LogP contribution in [0.25, 0.3) is 0 Å². The number of amides is 4. The molecular weight excluding hydrogens is 374 g/mol. The molecule has 0 aromatic heterocycles. The van der Waals surface area contributed by atoms with Gasteiger partial charge in [0.2, 0.25) is 5.91 Å². The van der Waals surface area contributed by atoms with Crippen molar-refractivity contribution in [3.05, 3.63) is 18.2 Å². The van der Waals surface area contributed by atoms with Gasteiger partial charge in [-0.15, -0.1) is 0 Å². The summed E-state index contributed by atoms with van der Waals surface area (Å²) >= 11 is 0. The molecule has 4 amide bonds. The minimum atomic E-state index is -0.920. The smallest absolute Gasteiger partial charge is 0.325 e. The molecule has 8 heteroatoms. The van der Waals surface area contributed by atoms with E-state index in [1.165, 1.54) is 14.2 Å². The van der Waals surface area contributed by atoms with Gasteiger partial charge in [0.25, 0.3) is 5.91 Å². The van der Waals surface area contributed by atoms with E-state index in [1.54, 1.807) is 18.2 Å². The van der Waals surface area contributed by atoms with Crippen molar-refractivity contribution in [3.63, 3.8) is 0 Å². The van der Waals surface area contributed by atoms with Crippen molar-refractivity contribution in [3.8, 4) is 11.5 Å². The Hall–Kier alpha value is -2.77. The van der Waals surface area contributed by atoms with E-state index in [0.29, 0.717) is 35.9 Å². The van der Waals surface area contributed by atoms with Crippen LogP contribution in [0.15, 0.2) is 18.2 Å². The van der Waals surface area contributed by atoms with Crippen molar-refractivity contribution in [1.29, 1.82) is 0 Å². The van der Waals surface area contributed by atoms with Crippen LogP contribution in [0, 0.1) is 11.3 Å². The Morgan fingerprint density at radius 1 is 1.24 bits per heavy atom. The van der Waals surface area contributed by atoms with Gasteiger partial charge in [-0.2, -0.15) is 0 Å². The van der Waals surface area contributed by atoms with E-state index in [2.05, 4.69) is 31.4 Å². The lowest BCUT2D eigenvalue weighted by atomic mass is 9.64. The molecule has 158 valence electrons. The molecule has 1 saturated carbocycles. The fraction of sp³-hybridized carbons (Fsp3) is 0.571. The first-order valence-electron chi connectivity index (χ1n) is 9.75. The average Bonchev–Trinajstić information content (AvgIpc) is 2.83. The van der Waals surface area contributed by atoms with Gasteiger partial charge in [0.15, 0.2) is 0 Å². The number of urea groups is 1. The molecular formula is C21H29N3O5. The first-order valence-corrected chi connectivity index (χ1v) is 9.75. The second-order valence-corrected chi connectivity index (χ2v) is 8.87. The average molecular weight is 403 g/mol. The highest BCUT2D eigenvalue weighted by Gasteiger charge is 2.56. The Kier molecular flexibility index (Phi) is 5.47. The number of methoxy groups -OCH3 is 2. The summed E-state index contributed by atoms with van der Waals surface area (Å²) in [5.74, 6) is 0.524. The van der Waals surface area contributed by atoms with Crippen molar-refractivity contribution < 1.29 is 23.9 Å². The van der Waals surface area contributed by atoms with Gasteiger partial charge >= 0.3 is 6.03 Å². The van der Waals surface area contributed by atoms with Crippen LogP contribution in [0.4, 0.5) is 10.5 Å². The van der Waals surface area contributed by atoms with Crippen LogP contribution in [0.3, 0.4) is 0 Å². The molecule has 1 saturated heterocycles. The van der Waals surface area contributed by atoms with Crippen molar-refractivity contribution in [2.75, 3.05) is 26.1 Å². The molecule has 0 bridgehead atoms. The second-order valence-electron chi connectivity index (χ2n) is 8.87. The zero-order valence-electron chi connectivity index (χ0n) is 17.6. The highest BCUT2D eigenvalue weighted by molar-refractivity contribution is 6.10. The number of imide groups is 1. The Morgan fingerprint density at radius 3 is 2.59 bits per heavy atom. The maximum Gasteiger partial charge on any atom is 0.325 e. The number of rotatable bonds is 5. The van der Waals surface area contributed by atoms with E-state index in [4.69, 9.17) is 9.47 Å². The van der Waals surface area contributed by atoms with Crippen molar-refractivity contribution >= 4 is 23.5 Å². The first-order chi connectivity index (χ1) is 13.6. The second kappa shape index (κ2) is 7.57. The van der Waals surface area contributed by atoms with Crippen molar-refractivity contribution in [1.82, 2.24) is 10.2 Å². The summed E-state index contributed by atoms with van der Waals surface area (Å²) in [6.45, 7) is 5.95. The van der Waals surface area contributed by atoms with Crippen molar-refractivity contribution in [2.45, 2.75) is 45.6 Å². The Balaban J connectivity index is 1.73. The molecule has 1 heterocycles. The summed E-state index contributed by atoms with van der Waals surface area (Å²) in [6, 6.07) is 4.46. The maximum atomic E-state index is 13.1. The number of nitrogens with one attached hydrogen (secondary N) is 2. The minimum Gasteiger partial charge on any atom is -0.497 e. The number of carbonyl (C=O) groups excluding carboxylic acids is 3. The van der Waals surface area contributed by atoms with Crippen LogP contribution in [-0.4, -0.2) is 49.0 Å². The van der Waals surface area contributed by atoms with Crippen LogP contribution in [0.2, 0.25) is 0 Å². The standard InChI is InChI=1S/C21H29N3O5/c1-13-9-20(2,3)12-21(10-13)18(26)24(19(27)23-21)11-17(25)22-15-7-6-14(28-4)8-16(15)29-5/h6-8,13H,9-12H2,1-5H3,(H,22,25)(H,23,27)/t13-,21+/m1/s1. The van der Waals surface area contributed by atoms with Gasteiger partial charge in [-0.1, -0.05) is 20.8 Å². The molecule has 8 nitrogen and oxygen atoms in total. The van der Waals surface area contributed by atoms with Crippen LogP contribution < -0.4 is 20.1 Å². The molecule has 29 heavy (non-hydrogen) atoms. The first kappa shape index (κ1) is 21.0. The molecule has 2 fully saturated rings. The Labute approximate surface area is 170 Å². The lowest BCUT2D eigenvalue weighted by Crippen LogP contribution is -2.54. The number of hydrogen-bond acceptors (Lipinski definition) is 5.